The van der Waals surface area contributed by atoms with Crippen LogP contribution < -0.4 is 0 Å². The van der Waals surface area contributed by atoms with Crippen LogP contribution in [0.15, 0.2) is 85.1 Å². The zero-order chi connectivity index (χ0) is 54.3. The van der Waals surface area contributed by atoms with Crippen molar-refractivity contribution in [2.24, 2.45) is 0 Å². The summed E-state index contributed by atoms with van der Waals surface area (Å²) in [7, 11) is 0. The van der Waals surface area contributed by atoms with Crippen LogP contribution in [0.3, 0.4) is 0 Å². The van der Waals surface area contributed by atoms with Crippen molar-refractivity contribution in [2.75, 3.05) is 13.2 Å². The summed E-state index contributed by atoms with van der Waals surface area (Å²) < 4.78 is 16.8. The van der Waals surface area contributed by atoms with Gasteiger partial charge in [0.1, 0.15) is 13.2 Å². The van der Waals surface area contributed by atoms with Crippen molar-refractivity contribution in [3.63, 3.8) is 0 Å². The third-order valence-electron chi connectivity index (χ3n) is 13.9. The average molecular weight is 1050 g/mol. The van der Waals surface area contributed by atoms with E-state index in [2.05, 4.69) is 93.7 Å². The number of carbonyl (C=O) groups is 3. The van der Waals surface area contributed by atoms with Crippen molar-refractivity contribution in [1.29, 1.82) is 0 Å². The van der Waals surface area contributed by atoms with Gasteiger partial charge in [0, 0.05) is 12.8 Å². The quantitative estimate of drug-likeness (QED) is 0.0261. The second-order valence-electron chi connectivity index (χ2n) is 21.3. The van der Waals surface area contributed by atoms with Gasteiger partial charge in [-0.05, 0) is 96.3 Å². The van der Waals surface area contributed by atoms with Gasteiger partial charge in [0.05, 0.1) is 6.42 Å². The standard InChI is InChI=1S/C69H120O6/c1-4-7-10-13-16-19-22-25-27-28-29-30-31-32-33-34-35-36-37-38-39-40-42-44-47-50-53-56-59-62-68(71)74-65-66(64-73-67(70)61-58-55-52-49-46-43-24-21-18-15-12-9-6-3)75-69(72)63-60-57-54-51-48-45-41-26-23-20-17-14-11-8-5-2/h8,11,17,20-21,24,26,28-29,41,48,51,57,60,66H,4-7,9-10,12-16,18-19,22-23,25,27,30-40,42-47,49-50,52-56,58-59,61-65H2,1-3H3/b11-8-,20-17-,24-21-,29-28-,41-26-,51-48-,60-57-. The van der Waals surface area contributed by atoms with E-state index in [4.69, 9.17) is 14.2 Å². The summed E-state index contributed by atoms with van der Waals surface area (Å²) in [5.74, 6) is -1.05. The molecule has 0 aliphatic heterocycles. The number of hydrogen-bond acceptors (Lipinski definition) is 6. The van der Waals surface area contributed by atoms with E-state index in [9.17, 15) is 14.4 Å². The molecule has 6 nitrogen and oxygen atoms in total. The first kappa shape index (κ1) is 71.6. The zero-order valence-corrected chi connectivity index (χ0v) is 49.6. The van der Waals surface area contributed by atoms with E-state index >= 15 is 0 Å². The molecule has 0 aromatic heterocycles. The van der Waals surface area contributed by atoms with Gasteiger partial charge in [0.15, 0.2) is 6.10 Å². The van der Waals surface area contributed by atoms with E-state index in [1.807, 2.05) is 6.08 Å². The maximum Gasteiger partial charge on any atom is 0.310 e. The molecule has 0 rings (SSSR count). The summed E-state index contributed by atoms with van der Waals surface area (Å²) in [6.07, 6.45) is 83.5. The molecule has 0 aromatic rings. The highest BCUT2D eigenvalue weighted by Gasteiger charge is 2.19. The van der Waals surface area contributed by atoms with Crippen LogP contribution in [0.2, 0.25) is 0 Å². The summed E-state index contributed by atoms with van der Waals surface area (Å²) in [4.78, 5) is 38.1. The van der Waals surface area contributed by atoms with Gasteiger partial charge in [-0.15, -0.1) is 0 Å². The summed E-state index contributed by atoms with van der Waals surface area (Å²) >= 11 is 0. The number of allylic oxidation sites excluding steroid dienone is 13. The molecule has 0 aliphatic rings. The Morgan fingerprint density at radius 3 is 0.880 bits per heavy atom. The first-order valence-electron chi connectivity index (χ1n) is 32.1. The molecular formula is C69H120O6. The maximum atomic E-state index is 12.8. The topological polar surface area (TPSA) is 78.9 Å². The van der Waals surface area contributed by atoms with Gasteiger partial charge in [-0.3, -0.25) is 14.4 Å². The molecule has 432 valence electrons. The van der Waals surface area contributed by atoms with Crippen LogP contribution in [0.25, 0.3) is 0 Å². The highest BCUT2D eigenvalue weighted by atomic mass is 16.6. The van der Waals surface area contributed by atoms with Crippen LogP contribution in [-0.2, 0) is 28.6 Å². The number of carbonyl (C=O) groups excluding carboxylic acids is 3. The molecule has 0 spiro atoms. The Labute approximate surface area is 465 Å². The highest BCUT2D eigenvalue weighted by Crippen LogP contribution is 2.17. The number of hydrogen-bond donors (Lipinski definition) is 0. The third-order valence-corrected chi connectivity index (χ3v) is 13.9. The van der Waals surface area contributed by atoms with Crippen LogP contribution in [0, 0.1) is 0 Å². The summed E-state index contributed by atoms with van der Waals surface area (Å²) in [6, 6.07) is 0. The fraction of sp³-hybridized carbons (Fsp3) is 0.754. The molecule has 0 saturated heterocycles. The summed E-state index contributed by atoms with van der Waals surface area (Å²) in [5, 5.41) is 0. The monoisotopic (exact) mass is 1040 g/mol. The molecular weight excluding hydrogens is 925 g/mol. The van der Waals surface area contributed by atoms with Crippen molar-refractivity contribution >= 4 is 17.9 Å². The molecule has 0 aromatic carbocycles. The minimum atomic E-state index is -0.834. The third kappa shape index (κ3) is 61.3. The number of esters is 3. The minimum Gasteiger partial charge on any atom is -0.462 e. The average Bonchev–Trinajstić information content (AvgIpc) is 3.41. The van der Waals surface area contributed by atoms with Gasteiger partial charge in [-0.2, -0.15) is 0 Å². The van der Waals surface area contributed by atoms with E-state index in [-0.39, 0.29) is 31.6 Å². The minimum absolute atomic E-state index is 0.0962. The molecule has 6 heteroatoms. The molecule has 1 atom stereocenters. The Hall–Kier alpha value is -3.41. The van der Waals surface area contributed by atoms with Crippen LogP contribution in [0.1, 0.15) is 316 Å². The van der Waals surface area contributed by atoms with E-state index in [0.717, 1.165) is 83.5 Å². The zero-order valence-electron chi connectivity index (χ0n) is 49.6. The fourth-order valence-corrected chi connectivity index (χ4v) is 9.10. The Bertz CT molecular complexity index is 1430. The largest absolute Gasteiger partial charge is 0.462 e. The first-order valence-corrected chi connectivity index (χ1v) is 32.1. The van der Waals surface area contributed by atoms with Crippen LogP contribution >= 0.6 is 0 Å². The van der Waals surface area contributed by atoms with Gasteiger partial charge >= 0.3 is 17.9 Å². The maximum absolute atomic E-state index is 12.8. The summed E-state index contributed by atoms with van der Waals surface area (Å²) in [6.45, 7) is 6.45. The molecule has 0 amide bonds. The van der Waals surface area contributed by atoms with Crippen LogP contribution in [0.4, 0.5) is 0 Å². The van der Waals surface area contributed by atoms with E-state index < -0.39 is 12.1 Å². The summed E-state index contributed by atoms with van der Waals surface area (Å²) in [5.41, 5.74) is 0. The normalized spacial score (nSPS) is 12.6. The molecule has 75 heavy (non-hydrogen) atoms. The van der Waals surface area contributed by atoms with Crippen molar-refractivity contribution in [1.82, 2.24) is 0 Å². The molecule has 0 saturated carbocycles. The van der Waals surface area contributed by atoms with E-state index in [1.54, 1.807) is 6.08 Å². The smallest absolute Gasteiger partial charge is 0.310 e. The van der Waals surface area contributed by atoms with Gasteiger partial charge < -0.3 is 14.2 Å². The molecule has 1 unspecified atom stereocenters. The lowest BCUT2D eigenvalue weighted by Gasteiger charge is -2.18. The number of unbranched alkanes of at least 4 members (excludes halogenated alkanes) is 34. The Morgan fingerprint density at radius 1 is 0.293 bits per heavy atom. The van der Waals surface area contributed by atoms with Crippen molar-refractivity contribution < 1.29 is 28.6 Å². The SMILES string of the molecule is CC/C=C\C/C=C\C/C=C\C/C=C\C/C=C\CC(=O)OC(COC(=O)CCCCCCC/C=C\CCCCCC)COC(=O)CCCCCCCCCCCCCCCCCCC/C=C\CCCCCCCCCC. The second kappa shape index (κ2) is 63.1. The Morgan fingerprint density at radius 2 is 0.560 bits per heavy atom. The van der Waals surface area contributed by atoms with Gasteiger partial charge in [-0.25, -0.2) is 0 Å². The molecule has 0 radical (unpaired) electrons. The number of ether oxygens (including phenoxy) is 3. The number of rotatable bonds is 58. The highest BCUT2D eigenvalue weighted by molar-refractivity contribution is 5.72. The molecule has 0 fully saturated rings. The molecule has 0 bridgehead atoms. The lowest BCUT2D eigenvalue weighted by molar-refractivity contribution is -0.166. The fourth-order valence-electron chi connectivity index (χ4n) is 9.10. The molecule has 0 heterocycles. The van der Waals surface area contributed by atoms with Crippen molar-refractivity contribution in [3.05, 3.63) is 85.1 Å². The van der Waals surface area contributed by atoms with Crippen molar-refractivity contribution in [3.8, 4) is 0 Å². The van der Waals surface area contributed by atoms with E-state index in [0.29, 0.717) is 12.8 Å². The van der Waals surface area contributed by atoms with Crippen molar-refractivity contribution in [2.45, 2.75) is 322 Å². The Kier molecular flexibility index (Phi) is 60.3. The predicted octanol–water partition coefficient (Wildman–Crippen LogP) is 21.9. The predicted molar refractivity (Wildman–Crippen MR) is 325 cm³/mol. The van der Waals surface area contributed by atoms with E-state index in [1.165, 1.54) is 193 Å². The lowest BCUT2D eigenvalue weighted by atomic mass is 10.0. The van der Waals surface area contributed by atoms with Crippen LogP contribution in [-0.4, -0.2) is 37.2 Å². The van der Waals surface area contributed by atoms with Gasteiger partial charge in [0.2, 0.25) is 0 Å². The lowest BCUT2D eigenvalue weighted by Crippen LogP contribution is -2.30. The second-order valence-corrected chi connectivity index (χ2v) is 21.3. The molecule has 0 aliphatic carbocycles. The Balaban J connectivity index is 4.25. The first-order chi connectivity index (χ1) is 37.0. The van der Waals surface area contributed by atoms with Gasteiger partial charge in [0.25, 0.3) is 0 Å². The van der Waals surface area contributed by atoms with Crippen LogP contribution in [0.5, 0.6) is 0 Å². The van der Waals surface area contributed by atoms with Gasteiger partial charge in [-0.1, -0.05) is 286 Å². The molecule has 0 N–H and O–H groups in total.